The minimum absolute atomic E-state index is 0.0970. The third-order valence-corrected chi connectivity index (χ3v) is 6.79. The lowest BCUT2D eigenvalue weighted by Crippen LogP contribution is -2.49. The van der Waals surface area contributed by atoms with Crippen LogP contribution < -0.4 is 10.6 Å². The number of aliphatic hydroxyl groups excluding tert-OH is 1. The van der Waals surface area contributed by atoms with Crippen LogP contribution in [0.4, 0.5) is 4.79 Å². The maximum absolute atomic E-state index is 13.1. The SMILES string of the molecule is C#CC[C@H](C[C@@H](O)[C@H](Cc1ccccc1)NC(=O)OC(C)(C)C)C(=O)NC1CC2CCC1C2. The smallest absolute Gasteiger partial charge is 0.407 e. The van der Waals surface area contributed by atoms with E-state index in [-0.39, 0.29) is 24.8 Å². The molecule has 2 amide bonds. The summed E-state index contributed by atoms with van der Waals surface area (Å²) in [5, 5.41) is 17.1. The molecule has 6 nitrogen and oxygen atoms in total. The summed E-state index contributed by atoms with van der Waals surface area (Å²) >= 11 is 0. The van der Waals surface area contributed by atoms with Crippen molar-refractivity contribution < 1.29 is 19.4 Å². The summed E-state index contributed by atoms with van der Waals surface area (Å²) < 4.78 is 5.40. The van der Waals surface area contributed by atoms with Gasteiger partial charge < -0.3 is 20.5 Å². The lowest BCUT2D eigenvalue weighted by Gasteiger charge is -2.29. The van der Waals surface area contributed by atoms with Crippen molar-refractivity contribution in [3.8, 4) is 12.3 Å². The highest BCUT2D eigenvalue weighted by Gasteiger charge is 2.41. The lowest BCUT2D eigenvalue weighted by atomic mass is 9.89. The largest absolute Gasteiger partial charge is 0.444 e. The number of alkyl carbamates (subject to hydrolysis) is 1. The molecule has 2 aliphatic carbocycles. The van der Waals surface area contributed by atoms with Crippen LogP contribution in [0.25, 0.3) is 0 Å². The number of amides is 2. The highest BCUT2D eigenvalue weighted by molar-refractivity contribution is 5.79. The van der Waals surface area contributed by atoms with E-state index in [9.17, 15) is 14.7 Å². The zero-order valence-corrected chi connectivity index (χ0v) is 20.0. The van der Waals surface area contributed by atoms with Gasteiger partial charge in [0, 0.05) is 12.5 Å². The fourth-order valence-corrected chi connectivity index (χ4v) is 5.21. The Bertz CT molecular complexity index is 842. The van der Waals surface area contributed by atoms with Gasteiger partial charge in [0.1, 0.15) is 5.60 Å². The molecule has 6 atom stereocenters. The second kappa shape index (κ2) is 11.1. The first kappa shape index (κ1) is 25.1. The summed E-state index contributed by atoms with van der Waals surface area (Å²) in [6, 6.07) is 9.23. The van der Waals surface area contributed by atoms with Crippen LogP contribution in [0, 0.1) is 30.1 Å². The van der Waals surface area contributed by atoms with E-state index in [4.69, 9.17) is 11.2 Å². The molecule has 33 heavy (non-hydrogen) atoms. The predicted molar refractivity (Wildman–Crippen MR) is 128 cm³/mol. The molecule has 3 unspecified atom stereocenters. The van der Waals surface area contributed by atoms with Gasteiger partial charge >= 0.3 is 6.09 Å². The molecule has 0 radical (unpaired) electrons. The topological polar surface area (TPSA) is 87.7 Å². The molecule has 0 saturated heterocycles. The minimum atomic E-state index is -0.957. The Morgan fingerprint density at radius 3 is 2.52 bits per heavy atom. The summed E-state index contributed by atoms with van der Waals surface area (Å²) in [7, 11) is 0. The molecule has 0 aliphatic heterocycles. The summed E-state index contributed by atoms with van der Waals surface area (Å²) in [5.74, 6) is 3.27. The zero-order chi connectivity index (χ0) is 24.0. The Morgan fingerprint density at radius 2 is 1.94 bits per heavy atom. The van der Waals surface area contributed by atoms with Crippen LogP contribution in [-0.2, 0) is 16.0 Å². The first-order valence-electron chi connectivity index (χ1n) is 12.1. The highest BCUT2D eigenvalue weighted by atomic mass is 16.6. The van der Waals surface area contributed by atoms with Gasteiger partial charge in [-0.05, 0) is 70.3 Å². The Kier molecular flexibility index (Phi) is 8.42. The molecule has 2 fully saturated rings. The fourth-order valence-electron chi connectivity index (χ4n) is 5.21. The third-order valence-electron chi connectivity index (χ3n) is 6.79. The van der Waals surface area contributed by atoms with Crippen LogP contribution in [0.3, 0.4) is 0 Å². The Morgan fingerprint density at radius 1 is 1.21 bits per heavy atom. The van der Waals surface area contributed by atoms with E-state index in [0.717, 1.165) is 17.9 Å². The quantitative estimate of drug-likeness (QED) is 0.495. The number of carbonyl (C=O) groups is 2. The number of ether oxygens (including phenoxy) is 1. The van der Waals surface area contributed by atoms with Gasteiger partial charge in [-0.3, -0.25) is 4.79 Å². The van der Waals surface area contributed by atoms with Crippen molar-refractivity contribution in [2.75, 3.05) is 0 Å². The standard InChI is InChI=1S/C27H38N2O4/c1-5-9-21(25(31)28-22-16-19-12-13-20(22)14-19)17-24(30)23(15-18-10-7-6-8-11-18)29-26(32)33-27(2,3)4/h1,6-8,10-11,19-24,30H,9,12-17H2,2-4H3,(H,28,31)(H,29,32)/t19?,20?,21-,22?,23+,24-/m1/s1. The lowest BCUT2D eigenvalue weighted by molar-refractivity contribution is -0.127. The second-order valence-corrected chi connectivity index (χ2v) is 10.6. The zero-order valence-electron chi connectivity index (χ0n) is 20.0. The number of rotatable bonds is 9. The average Bonchev–Trinajstić information content (AvgIpc) is 3.35. The molecule has 180 valence electrons. The first-order valence-corrected chi connectivity index (χ1v) is 12.1. The minimum Gasteiger partial charge on any atom is -0.444 e. The Balaban J connectivity index is 1.66. The van der Waals surface area contributed by atoms with Gasteiger partial charge in [0.2, 0.25) is 5.91 Å². The number of carbonyl (C=O) groups excluding carboxylic acids is 2. The number of benzene rings is 1. The van der Waals surface area contributed by atoms with Crippen molar-refractivity contribution >= 4 is 12.0 Å². The molecule has 2 saturated carbocycles. The molecular formula is C27H38N2O4. The molecule has 1 aromatic rings. The first-order chi connectivity index (χ1) is 15.6. The summed E-state index contributed by atoms with van der Waals surface area (Å²) in [4.78, 5) is 25.5. The van der Waals surface area contributed by atoms with Crippen LogP contribution in [0.2, 0.25) is 0 Å². The molecule has 1 aromatic carbocycles. The molecule has 0 spiro atoms. The van der Waals surface area contributed by atoms with E-state index in [1.807, 2.05) is 30.3 Å². The number of hydrogen-bond donors (Lipinski definition) is 3. The maximum atomic E-state index is 13.1. The molecule has 2 aliphatic rings. The van der Waals surface area contributed by atoms with Crippen molar-refractivity contribution in [3.05, 3.63) is 35.9 Å². The molecule has 0 heterocycles. The van der Waals surface area contributed by atoms with Crippen LogP contribution in [0.15, 0.2) is 30.3 Å². The van der Waals surface area contributed by atoms with E-state index in [2.05, 4.69) is 16.6 Å². The van der Waals surface area contributed by atoms with E-state index in [1.54, 1.807) is 20.8 Å². The number of hydrogen-bond acceptors (Lipinski definition) is 4. The molecule has 3 rings (SSSR count). The predicted octanol–water partition coefficient (Wildman–Crippen LogP) is 3.82. The third kappa shape index (κ3) is 7.50. The fraction of sp³-hybridized carbons (Fsp3) is 0.630. The van der Waals surface area contributed by atoms with Crippen molar-refractivity contribution in [2.24, 2.45) is 17.8 Å². The van der Waals surface area contributed by atoms with Gasteiger partial charge in [-0.15, -0.1) is 12.3 Å². The molecule has 3 N–H and O–H groups in total. The van der Waals surface area contributed by atoms with E-state index < -0.39 is 29.8 Å². The van der Waals surface area contributed by atoms with Gasteiger partial charge in [0.15, 0.2) is 0 Å². The second-order valence-electron chi connectivity index (χ2n) is 10.6. The average molecular weight is 455 g/mol. The highest BCUT2D eigenvalue weighted by Crippen LogP contribution is 2.44. The van der Waals surface area contributed by atoms with Crippen LogP contribution in [-0.4, -0.2) is 40.9 Å². The Hall–Kier alpha value is -2.52. The van der Waals surface area contributed by atoms with Crippen LogP contribution in [0.1, 0.15) is 64.9 Å². The molecular weight excluding hydrogens is 416 g/mol. The van der Waals surface area contributed by atoms with Gasteiger partial charge in [0.05, 0.1) is 18.1 Å². The molecule has 0 aromatic heterocycles. The van der Waals surface area contributed by atoms with Gasteiger partial charge in [-0.1, -0.05) is 36.8 Å². The van der Waals surface area contributed by atoms with Gasteiger partial charge in [0.25, 0.3) is 0 Å². The molecule has 2 bridgehead atoms. The summed E-state index contributed by atoms with van der Waals surface area (Å²) in [6.45, 7) is 5.37. The van der Waals surface area contributed by atoms with Crippen molar-refractivity contribution in [1.29, 1.82) is 0 Å². The molecule has 6 heteroatoms. The van der Waals surface area contributed by atoms with E-state index >= 15 is 0 Å². The number of fused-ring (bicyclic) bond motifs is 2. The van der Waals surface area contributed by atoms with Crippen molar-refractivity contribution in [1.82, 2.24) is 10.6 Å². The number of terminal acetylenes is 1. The van der Waals surface area contributed by atoms with E-state index in [1.165, 1.54) is 19.3 Å². The van der Waals surface area contributed by atoms with Crippen molar-refractivity contribution in [3.63, 3.8) is 0 Å². The van der Waals surface area contributed by atoms with E-state index in [0.29, 0.717) is 12.3 Å². The Labute approximate surface area is 197 Å². The normalized spacial score (nSPS) is 24.4. The summed E-state index contributed by atoms with van der Waals surface area (Å²) in [6.07, 6.45) is 9.52. The number of aliphatic hydroxyl groups is 1. The van der Waals surface area contributed by atoms with Crippen LogP contribution >= 0.6 is 0 Å². The van der Waals surface area contributed by atoms with Crippen LogP contribution in [0.5, 0.6) is 0 Å². The van der Waals surface area contributed by atoms with Gasteiger partial charge in [-0.25, -0.2) is 4.79 Å². The van der Waals surface area contributed by atoms with Crippen molar-refractivity contribution in [2.45, 2.75) is 89.5 Å². The van der Waals surface area contributed by atoms with Gasteiger partial charge in [-0.2, -0.15) is 0 Å². The number of nitrogens with one attached hydrogen (secondary N) is 2. The monoisotopic (exact) mass is 454 g/mol. The maximum Gasteiger partial charge on any atom is 0.407 e. The summed E-state index contributed by atoms with van der Waals surface area (Å²) in [5.41, 5.74) is 0.316.